The molecule has 2 atom stereocenters. The van der Waals surface area contributed by atoms with Gasteiger partial charge >= 0.3 is 0 Å². The van der Waals surface area contributed by atoms with Crippen LogP contribution in [0.3, 0.4) is 0 Å². The number of nitrogens with zero attached hydrogens (tertiary/aromatic N) is 2. The molecule has 3 rings (SSSR count). The van der Waals surface area contributed by atoms with Crippen LogP contribution in [0.5, 0.6) is 0 Å². The topological polar surface area (TPSA) is 56.9 Å². The van der Waals surface area contributed by atoms with Crippen molar-refractivity contribution in [2.45, 2.75) is 51.7 Å². The fourth-order valence-corrected chi connectivity index (χ4v) is 3.79. The fourth-order valence-electron chi connectivity index (χ4n) is 3.79. The number of aliphatic hydroxyl groups is 1. The van der Waals surface area contributed by atoms with Gasteiger partial charge in [0.1, 0.15) is 11.5 Å². The molecule has 1 amide bonds. The molecule has 0 aromatic carbocycles. The molecule has 22 heavy (non-hydrogen) atoms. The van der Waals surface area contributed by atoms with Gasteiger partial charge in [0.05, 0.1) is 11.7 Å². The molecule has 1 aliphatic heterocycles. The number of furan rings is 1. The van der Waals surface area contributed by atoms with E-state index in [1.807, 2.05) is 24.8 Å². The maximum absolute atomic E-state index is 12.6. The Kier molecular flexibility index (Phi) is 4.54. The number of piperazine rings is 1. The molecule has 2 aliphatic rings. The average molecular weight is 306 g/mol. The predicted molar refractivity (Wildman–Crippen MR) is 83.9 cm³/mol. The molecule has 2 unspecified atom stereocenters. The van der Waals surface area contributed by atoms with E-state index in [-0.39, 0.29) is 18.1 Å². The van der Waals surface area contributed by atoms with Crippen molar-refractivity contribution >= 4 is 5.91 Å². The summed E-state index contributed by atoms with van der Waals surface area (Å²) in [6, 6.07) is 2.11. The quantitative estimate of drug-likeness (QED) is 0.907. The summed E-state index contributed by atoms with van der Waals surface area (Å²) in [4.78, 5) is 16.8. The molecule has 2 heterocycles. The monoisotopic (exact) mass is 306 g/mol. The lowest BCUT2D eigenvalue weighted by Gasteiger charge is -2.42. The van der Waals surface area contributed by atoms with E-state index in [2.05, 4.69) is 4.90 Å². The summed E-state index contributed by atoms with van der Waals surface area (Å²) >= 11 is 0. The van der Waals surface area contributed by atoms with Gasteiger partial charge < -0.3 is 14.4 Å². The zero-order valence-electron chi connectivity index (χ0n) is 13.5. The SMILES string of the molecule is Cc1cc(C(=O)N2CCN(C3CCCCC3O)CC2)c(C)o1. The highest BCUT2D eigenvalue weighted by Crippen LogP contribution is 2.25. The van der Waals surface area contributed by atoms with Gasteiger partial charge in [-0.15, -0.1) is 0 Å². The minimum Gasteiger partial charge on any atom is -0.466 e. The lowest BCUT2D eigenvalue weighted by molar-refractivity contribution is -0.00175. The van der Waals surface area contributed by atoms with Crippen LogP contribution in [0, 0.1) is 13.8 Å². The number of carbonyl (C=O) groups is 1. The Morgan fingerprint density at radius 2 is 1.86 bits per heavy atom. The first-order chi connectivity index (χ1) is 10.6. The molecule has 1 aliphatic carbocycles. The first kappa shape index (κ1) is 15.6. The number of hydrogen-bond donors (Lipinski definition) is 1. The summed E-state index contributed by atoms with van der Waals surface area (Å²) in [6.07, 6.45) is 4.13. The Balaban J connectivity index is 1.59. The third-order valence-corrected chi connectivity index (χ3v) is 5.04. The van der Waals surface area contributed by atoms with E-state index < -0.39 is 0 Å². The van der Waals surface area contributed by atoms with E-state index in [1.165, 1.54) is 6.42 Å². The zero-order valence-corrected chi connectivity index (χ0v) is 13.5. The molecular weight excluding hydrogens is 280 g/mol. The van der Waals surface area contributed by atoms with Crippen LogP contribution >= 0.6 is 0 Å². The summed E-state index contributed by atoms with van der Waals surface area (Å²) in [7, 11) is 0. The van der Waals surface area contributed by atoms with Crippen molar-refractivity contribution in [1.82, 2.24) is 9.80 Å². The van der Waals surface area contributed by atoms with Gasteiger partial charge in [0.15, 0.2) is 0 Å². The highest BCUT2D eigenvalue weighted by molar-refractivity contribution is 5.95. The standard InChI is InChI=1S/C17H26N2O3/c1-12-11-14(13(2)22-12)17(21)19-9-7-18(8-10-19)15-5-3-4-6-16(15)20/h11,15-16,20H,3-10H2,1-2H3. The molecular formula is C17H26N2O3. The largest absolute Gasteiger partial charge is 0.466 e. The smallest absolute Gasteiger partial charge is 0.257 e. The number of carbonyl (C=O) groups excluding carboxylic acids is 1. The fraction of sp³-hybridized carbons (Fsp3) is 0.706. The van der Waals surface area contributed by atoms with Gasteiger partial charge in [-0.05, 0) is 32.8 Å². The van der Waals surface area contributed by atoms with E-state index in [1.54, 1.807) is 0 Å². The molecule has 5 nitrogen and oxygen atoms in total. The van der Waals surface area contributed by atoms with Gasteiger partial charge in [0.25, 0.3) is 5.91 Å². The van der Waals surface area contributed by atoms with Crippen molar-refractivity contribution in [1.29, 1.82) is 0 Å². The normalized spacial score (nSPS) is 27.1. The molecule has 5 heteroatoms. The average Bonchev–Trinajstić information content (AvgIpc) is 2.86. The van der Waals surface area contributed by atoms with Crippen molar-refractivity contribution in [2.24, 2.45) is 0 Å². The first-order valence-electron chi connectivity index (χ1n) is 8.34. The third kappa shape index (κ3) is 3.06. The van der Waals surface area contributed by atoms with E-state index in [9.17, 15) is 9.90 Å². The Morgan fingerprint density at radius 3 is 2.45 bits per heavy atom. The summed E-state index contributed by atoms with van der Waals surface area (Å²) in [5.74, 6) is 1.55. The third-order valence-electron chi connectivity index (χ3n) is 5.04. The van der Waals surface area contributed by atoms with Crippen molar-refractivity contribution < 1.29 is 14.3 Å². The molecule has 1 N–H and O–H groups in total. The van der Waals surface area contributed by atoms with Crippen LogP contribution < -0.4 is 0 Å². The Labute approximate surface area is 131 Å². The van der Waals surface area contributed by atoms with Crippen LogP contribution in [-0.4, -0.2) is 59.1 Å². The maximum Gasteiger partial charge on any atom is 0.257 e. The highest BCUT2D eigenvalue weighted by atomic mass is 16.3. The van der Waals surface area contributed by atoms with Crippen LogP contribution in [0.1, 0.15) is 47.6 Å². The molecule has 122 valence electrons. The summed E-state index contributed by atoms with van der Waals surface area (Å²) in [5.41, 5.74) is 0.684. The molecule has 1 aromatic rings. The summed E-state index contributed by atoms with van der Waals surface area (Å²) in [6.45, 7) is 6.87. The summed E-state index contributed by atoms with van der Waals surface area (Å²) in [5, 5.41) is 10.2. The van der Waals surface area contributed by atoms with Gasteiger partial charge in [-0.3, -0.25) is 9.69 Å². The minimum atomic E-state index is -0.199. The van der Waals surface area contributed by atoms with Crippen molar-refractivity contribution in [3.8, 4) is 0 Å². The zero-order chi connectivity index (χ0) is 15.7. The molecule has 0 spiro atoms. The van der Waals surface area contributed by atoms with Gasteiger partial charge in [-0.1, -0.05) is 12.8 Å². The Hall–Kier alpha value is -1.33. The molecule has 1 saturated carbocycles. The minimum absolute atomic E-state index is 0.0678. The highest BCUT2D eigenvalue weighted by Gasteiger charge is 2.32. The number of rotatable bonds is 2. The van der Waals surface area contributed by atoms with Gasteiger partial charge in [-0.25, -0.2) is 0 Å². The number of amides is 1. The molecule has 1 aromatic heterocycles. The Bertz CT molecular complexity index is 532. The molecule has 0 bridgehead atoms. The van der Waals surface area contributed by atoms with Gasteiger partial charge in [0, 0.05) is 32.2 Å². The van der Waals surface area contributed by atoms with Crippen LogP contribution in [-0.2, 0) is 0 Å². The van der Waals surface area contributed by atoms with Gasteiger partial charge in [0.2, 0.25) is 0 Å². The molecule has 0 radical (unpaired) electrons. The number of aryl methyl sites for hydroxylation is 2. The first-order valence-corrected chi connectivity index (χ1v) is 8.34. The van der Waals surface area contributed by atoms with E-state index in [0.29, 0.717) is 11.3 Å². The van der Waals surface area contributed by atoms with Crippen LogP contribution in [0.15, 0.2) is 10.5 Å². The van der Waals surface area contributed by atoms with Crippen LogP contribution in [0.2, 0.25) is 0 Å². The number of aliphatic hydroxyl groups excluding tert-OH is 1. The van der Waals surface area contributed by atoms with Crippen LogP contribution in [0.25, 0.3) is 0 Å². The second-order valence-corrected chi connectivity index (χ2v) is 6.57. The lowest BCUT2D eigenvalue weighted by Crippen LogP contribution is -2.55. The van der Waals surface area contributed by atoms with Gasteiger partial charge in [-0.2, -0.15) is 0 Å². The van der Waals surface area contributed by atoms with E-state index >= 15 is 0 Å². The predicted octanol–water partition coefficient (Wildman–Crippen LogP) is 1.96. The molecule has 2 fully saturated rings. The summed E-state index contributed by atoms with van der Waals surface area (Å²) < 4.78 is 5.47. The molecule has 1 saturated heterocycles. The van der Waals surface area contributed by atoms with Crippen LogP contribution in [0.4, 0.5) is 0 Å². The maximum atomic E-state index is 12.6. The number of hydrogen-bond acceptors (Lipinski definition) is 4. The lowest BCUT2D eigenvalue weighted by atomic mass is 9.91. The Morgan fingerprint density at radius 1 is 1.18 bits per heavy atom. The van der Waals surface area contributed by atoms with Crippen molar-refractivity contribution in [3.05, 3.63) is 23.2 Å². The van der Waals surface area contributed by atoms with Crippen molar-refractivity contribution in [2.75, 3.05) is 26.2 Å². The van der Waals surface area contributed by atoms with E-state index in [0.717, 1.165) is 51.2 Å². The second-order valence-electron chi connectivity index (χ2n) is 6.57. The van der Waals surface area contributed by atoms with E-state index in [4.69, 9.17) is 4.42 Å². The second kappa shape index (κ2) is 6.42. The van der Waals surface area contributed by atoms with Crippen molar-refractivity contribution in [3.63, 3.8) is 0 Å².